The minimum atomic E-state index is 0.0661. The minimum absolute atomic E-state index is 0.0661. The zero-order chi connectivity index (χ0) is 14.3. The Balaban J connectivity index is 2.08. The van der Waals surface area contributed by atoms with Crippen molar-refractivity contribution in [2.45, 2.75) is 32.6 Å². The molecule has 2 heteroatoms. The summed E-state index contributed by atoms with van der Waals surface area (Å²) in [6.07, 6.45) is 5.87. The Morgan fingerprint density at radius 1 is 1.15 bits per heavy atom. The van der Waals surface area contributed by atoms with Crippen LogP contribution in [-0.4, -0.2) is 17.7 Å². The molecule has 0 aromatic heterocycles. The zero-order valence-electron chi connectivity index (χ0n) is 12.4. The van der Waals surface area contributed by atoms with E-state index in [1.54, 1.807) is 0 Å². The average Bonchev–Trinajstić information content (AvgIpc) is 2.40. The van der Waals surface area contributed by atoms with Gasteiger partial charge < -0.3 is 4.90 Å². The van der Waals surface area contributed by atoms with Crippen LogP contribution in [0.1, 0.15) is 38.2 Å². The molecule has 1 aliphatic heterocycles. The quantitative estimate of drug-likeness (QED) is 0.769. The summed E-state index contributed by atoms with van der Waals surface area (Å²) in [5.41, 5.74) is 3.47. The van der Waals surface area contributed by atoms with Crippen molar-refractivity contribution < 1.29 is 4.79 Å². The molecule has 1 heterocycles. The molecule has 0 N–H and O–H groups in total. The van der Waals surface area contributed by atoms with Crippen LogP contribution in [0.4, 0.5) is 0 Å². The number of allylic oxidation sites excluding steroid dienone is 3. The van der Waals surface area contributed by atoms with Gasteiger partial charge in [-0.25, -0.2) is 0 Å². The van der Waals surface area contributed by atoms with Gasteiger partial charge in [-0.2, -0.15) is 0 Å². The highest BCUT2D eigenvalue weighted by Gasteiger charge is 2.38. The average molecular weight is 267 g/mol. The van der Waals surface area contributed by atoms with Crippen LogP contribution in [0.2, 0.25) is 0 Å². The summed E-state index contributed by atoms with van der Waals surface area (Å²) in [5.74, 6) is 0.423. The second-order valence-electron chi connectivity index (χ2n) is 6.64. The fraction of sp³-hybridized carbons (Fsp3) is 0.389. The van der Waals surface area contributed by atoms with E-state index in [1.807, 2.05) is 25.2 Å². The molecule has 0 saturated heterocycles. The van der Waals surface area contributed by atoms with Gasteiger partial charge in [0.1, 0.15) is 0 Å². The summed E-state index contributed by atoms with van der Waals surface area (Å²) in [5, 5.41) is 0. The lowest BCUT2D eigenvalue weighted by Gasteiger charge is -2.39. The molecule has 1 aromatic rings. The number of rotatable bonds is 1. The van der Waals surface area contributed by atoms with Gasteiger partial charge in [-0.15, -0.1) is 0 Å². The lowest BCUT2D eigenvalue weighted by atomic mass is 9.71. The summed E-state index contributed by atoms with van der Waals surface area (Å²) in [6, 6.07) is 10.3. The molecule has 1 aliphatic carbocycles. The molecule has 0 amide bonds. The van der Waals surface area contributed by atoms with Gasteiger partial charge in [0.2, 0.25) is 0 Å². The standard InChI is InChI=1S/C18H21NO/c1-18(2)11-15-17(16(20)12-18)14(9-10-19(15)3)13-7-5-4-6-8-13/h4-10,14H,11-12H2,1-3H3. The van der Waals surface area contributed by atoms with Crippen molar-refractivity contribution in [2.24, 2.45) is 5.41 Å². The first-order chi connectivity index (χ1) is 9.48. The maximum atomic E-state index is 12.7. The first kappa shape index (κ1) is 13.2. The van der Waals surface area contributed by atoms with E-state index in [0.717, 1.165) is 12.0 Å². The second-order valence-corrected chi connectivity index (χ2v) is 6.64. The molecule has 0 bridgehead atoms. The van der Waals surface area contributed by atoms with Crippen molar-refractivity contribution in [3.05, 3.63) is 59.4 Å². The Labute approximate surface area is 120 Å². The van der Waals surface area contributed by atoms with E-state index in [0.29, 0.717) is 12.2 Å². The number of Topliss-reactive ketones (excluding diaryl/α,β-unsaturated/α-hetero) is 1. The van der Waals surface area contributed by atoms with Gasteiger partial charge in [0, 0.05) is 36.9 Å². The summed E-state index contributed by atoms with van der Waals surface area (Å²) in [4.78, 5) is 14.8. The summed E-state index contributed by atoms with van der Waals surface area (Å²) in [7, 11) is 2.04. The number of ketones is 1. The van der Waals surface area contributed by atoms with Gasteiger partial charge in [-0.1, -0.05) is 50.3 Å². The summed E-state index contributed by atoms with van der Waals surface area (Å²) < 4.78 is 0. The Kier molecular flexibility index (Phi) is 3.04. The number of nitrogens with zero attached hydrogens (tertiary/aromatic N) is 1. The van der Waals surface area contributed by atoms with E-state index in [1.165, 1.54) is 11.3 Å². The SMILES string of the molecule is CN1C=CC(c2ccccc2)C2=C1CC(C)(C)CC2=O. The first-order valence-electron chi connectivity index (χ1n) is 7.20. The van der Waals surface area contributed by atoms with Crippen molar-refractivity contribution >= 4 is 5.78 Å². The number of carbonyl (C=O) groups excluding carboxylic acids is 1. The lowest BCUT2D eigenvalue weighted by Crippen LogP contribution is -2.34. The molecule has 104 valence electrons. The van der Waals surface area contributed by atoms with Crippen LogP contribution in [-0.2, 0) is 4.79 Å². The van der Waals surface area contributed by atoms with Gasteiger partial charge in [-0.3, -0.25) is 4.79 Å². The predicted octanol–water partition coefficient (Wildman–Crippen LogP) is 3.87. The van der Waals surface area contributed by atoms with E-state index in [2.05, 4.69) is 43.2 Å². The van der Waals surface area contributed by atoms with Crippen molar-refractivity contribution in [3.63, 3.8) is 0 Å². The van der Waals surface area contributed by atoms with Crippen LogP contribution < -0.4 is 0 Å². The Hall–Kier alpha value is -1.83. The van der Waals surface area contributed by atoms with E-state index in [4.69, 9.17) is 0 Å². The number of carbonyl (C=O) groups is 1. The molecule has 0 spiro atoms. The normalized spacial score (nSPS) is 24.9. The van der Waals surface area contributed by atoms with E-state index >= 15 is 0 Å². The van der Waals surface area contributed by atoms with Crippen LogP contribution >= 0.6 is 0 Å². The van der Waals surface area contributed by atoms with Crippen LogP contribution in [0.25, 0.3) is 0 Å². The van der Waals surface area contributed by atoms with Crippen molar-refractivity contribution in [2.75, 3.05) is 7.05 Å². The van der Waals surface area contributed by atoms with Crippen molar-refractivity contribution in [3.8, 4) is 0 Å². The highest BCUT2D eigenvalue weighted by atomic mass is 16.1. The van der Waals surface area contributed by atoms with Crippen molar-refractivity contribution in [1.29, 1.82) is 0 Å². The monoisotopic (exact) mass is 267 g/mol. The van der Waals surface area contributed by atoms with Gasteiger partial charge in [0.25, 0.3) is 0 Å². The molecule has 1 atom stereocenters. The molecule has 0 saturated carbocycles. The second kappa shape index (κ2) is 4.62. The molecule has 1 unspecified atom stereocenters. The predicted molar refractivity (Wildman–Crippen MR) is 81.1 cm³/mol. The smallest absolute Gasteiger partial charge is 0.162 e. The van der Waals surface area contributed by atoms with Gasteiger partial charge in [-0.05, 0) is 17.4 Å². The van der Waals surface area contributed by atoms with E-state index in [-0.39, 0.29) is 11.3 Å². The largest absolute Gasteiger partial charge is 0.354 e. The maximum Gasteiger partial charge on any atom is 0.162 e. The van der Waals surface area contributed by atoms with Gasteiger partial charge >= 0.3 is 0 Å². The van der Waals surface area contributed by atoms with Crippen LogP contribution in [0.5, 0.6) is 0 Å². The summed E-state index contributed by atoms with van der Waals surface area (Å²) in [6.45, 7) is 4.36. The molecule has 0 fully saturated rings. The number of hydrogen-bond donors (Lipinski definition) is 0. The molecular formula is C18H21NO. The summed E-state index contributed by atoms with van der Waals surface area (Å²) >= 11 is 0. The number of hydrogen-bond acceptors (Lipinski definition) is 2. The third-order valence-corrected chi connectivity index (χ3v) is 4.29. The van der Waals surface area contributed by atoms with E-state index < -0.39 is 0 Å². The molecule has 20 heavy (non-hydrogen) atoms. The van der Waals surface area contributed by atoms with Crippen molar-refractivity contribution in [1.82, 2.24) is 4.90 Å². The third kappa shape index (κ3) is 2.20. The molecule has 1 aromatic carbocycles. The van der Waals surface area contributed by atoms with Crippen LogP contribution in [0.15, 0.2) is 53.9 Å². The van der Waals surface area contributed by atoms with Gasteiger partial charge in [0.05, 0.1) is 0 Å². The molecule has 2 aliphatic rings. The Bertz CT molecular complexity index is 595. The topological polar surface area (TPSA) is 20.3 Å². The zero-order valence-corrected chi connectivity index (χ0v) is 12.4. The fourth-order valence-electron chi connectivity index (χ4n) is 3.31. The lowest BCUT2D eigenvalue weighted by molar-refractivity contribution is -0.118. The maximum absolute atomic E-state index is 12.7. The minimum Gasteiger partial charge on any atom is -0.354 e. The third-order valence-electron chi connectivity index (χ3n) is 4.29. The van der Waals surface area contributed by atoms with Crippen LogP contribution in [0, 0.1) is 5.41 Å². The highest BCUT2D eigenvalue weighted by Crippen LogP contribution is 2.44. The fourth-order valence-corrected chi connectivity index (χ4v) is 3.31. The number of benzene rings is 1. The van der Waals surface area contributed by atoms with E-state index in [9.17, 15) is 4.79 Å². The first-order valence-corrected chi connectivity index (χ1v) is 7.20. The highest BCUT2D eigenvalue weighted by molar-refractivity contribution is 5.99. The molecule has 2 nitrogen and oxygen atoms in total. The molecule has 3 rings (SSSR count). The molecular weight excluding hydrogens is 246 g/mol. The van der Waals surface area contributed by atoms with Gasteiger partial charge in [0.15, 0.2) is 5.78 Å². The molecule has 0 radical (unpaired) electrons. The Morgan fingerprint density at radius 2 is 1.85 bits per heavy atom. The van der Waals surface area contributed by atoms with Crippen LogP contribution in [0.3, 0.4) is 0 Å². The Morgan fingerprint density at radius 3 is 2.55 bits per heavy atom.